The maximum Gasteiger partial charge on any atom is 0.00697 e. The molecule has 1 atom stereocenters. The van der Waals surface area contributed by atoms with Gasteiger partial charge in [0.2, 0.25) is 0 Å². The average Bonchev–Trinajstić information content (AvgIpc) is 2.27. The van der Waals surface area contributed by atoms with Gasteiger partial charge in [0.25, 0.3) is 0 Å². The lowest BCUT2D eigenvalue weighted by atomic mass is 9.80. The SMILES string of the molecule is CCCC1CCC(NC(C)CC2CCC2)CC1. The molecule has 2 aliphatic carbocycles. The van der Waals surface area contributed by atoms with Crippen molar-refractivity contribution in [1.29, 1.82) is 0 Å². The third kappa shape index (κ3) is 4.28. The Morgan fingerprint density at radius 1 is 1.00 bits per heavy atom. The fourth-order valence-corrected chi connectivity index (χ4v) is 3.72. The van der Waals surface area contributed by atoms with Gasteiger partial charge in [0, 0.05) is 12.1 Å². The summed E-state index contributed by atoms with van der Waals surface area (Å²) in [5.74, 6) is 2.09. The van der Waals surface area contributed by atoms with E-state index in [4.69, 9.17) is 0 Å². The molecule has 1 N–H and O–H groups in total. The summed E-state index contributed by atoms with van der Waals surface area (Å²) in [4.78, 5) is 0. The highest BCUT2D eigenvalue weighted by Gasteiger charge is 2.24. The Bertz CT molecular complexity index is 202. The van der Waals surface area contributed by atoms with Crippen LogP contribution in [0.1, 0.15) is 78.1 Å². The van der Waals surface area contributed by atoms with Crippen molar-refractivity contribution in [1.82, 2.24) is 5.32 Å². The minimum atomic E-state index is 0.757. The molecule has 0 aromatic carbocycles. The van der Waals surface area contributed by atoms with Crippen molar-refractivity contribution in [3.8, 4) is 0 Å². The van der Waals surface area contributed by atoms with E-state index in [0.717, 1.165) is 23.9 Å². The summed E-state index contributed by atoms with van der Waals surface area (Å²) in [6, 6.07) is 1.59. The van der Waals surface area contributed by atoms with Gasteiger partial charge in [0.05, 0.1) is 0 Å². The van der Waals surface area contributed by atoms with Gasteiger partial charge in [-0.3, -0.25) is 0 Å². The molecule has 2 saturated carbocycles. The van der Waals surface area contributed by atoms with Gasteiger partial charge in [-0.2, -0.15) is 0 Å². The van der Waals surface area contributed by atoms with Crippen LogP contribution in [0, 0.1) is 11.8 Å². The van der Waals surface area contributed by atoms with Crippen LogP contribution in [0.2, 0.25) is 0 Å². The Balaban J connectivity index is 1.59. The Morgan fingerprint density at radius 3 is 2.24 bits per heavy atom. The van der Waals surface area contributed by atoms with Crippen LogP contribution in [-0.2, 0) is 0 Å². The highest BCUT2D eigenvalue weighted by molar-refractivity contribution is 4.81. The smallest absolute Gasteiger partial charge is 0.00697 e. The monoisotopic (exact) mass is 237 g/mol. The molecule has 0 aliphatic heterocycles. The molecule has 17 heavy (non-hydrogen) atoms. The first-order chi connectivity index (χ1) is 8.28. The van der Waals surface area contributed by atoms with E-state index in [1.807, 2.05) is 0 Å². The summed E-state index contributed by atoms with van der Waals surface area (Å²) >= 11 is 0. The molecule has 0 aromatic heterocycles. The van der Waals surface area contributed by atoms with Crippen LogP contribution >= 0.6 is 0 Å². The summed E-state index contributed by atoms with van der Waals surface area (Å²) < 4.78 is 0. The first kappa shape index (κ1) is 13.4. The van der Waals surface area contributed by atoms with Crippen LogP contribution in [0.15, 0.2) is 0 Å². The first-order valence-electron chi connectivity index (χ1n) is 8.04. The van der Waals surface area contributed by atoms with Crippen molar-refractivity contribution in [2.45, 2.75) is 90.1 Å². The highest BCUT2D eigenvalue weighted by Crippen LogP contribution is 2.31. The molecule has 0 aromatic rings. The largest absolute Gasteiger partial charge is 0.311 e. The molecule has 0 spiro atoms. The van der Waals surface area contributed by atoms with Crippen molar-refractivity contribution < 1.29 is 0 Å². The topological polar surface area (TPSA) is 12.0 Å². The molecule has 2 fully saturated rings. The molecule has 2 aliphatic rings. The first-order valence-corrected chi connectivity index (χ1v) is 8.04. The van der Waals surface area contributed by atoms with Gasteiger partial charge < -0.3 is 5.32 Å². The summed E-state index contributed by atoms with van der Waals surface area (Å²) in [6.07, 6.45) is 14.5. The van der Waals surface area contributed by atoms with Gasteiger partial charge in [-0.15, -0.1) is 0 Å². The van der Waals surface area contributed by atoms with Gasteiger partial charge in [-0.1, -0.05) is 39.0 Å². The Labute approximate surface area is 108 Å². The number of rotatable bonds is 6. The molecular formula is C16H31N. The standard InChI is InChI=1S/C16H31N/c1-3-5-14-8-10-16(11-9-14)17-13(2)12-15-6-4-7-15/h13-17H,3-12H2,1-2H3. The molecule has 100 valence electrons. The molecule has 0 heterocycles. The molecule has 1 unspecified atom stereocenters. The second kappa shape index (κ2) is 6.78. The third-order valence-corrected chi connectivity index (χ3v) is 4.98. The van der Waals surface area contributed by atoms with Crippen LogP contribution < -0.4 is 5.32 Å². The van der Waals surface area contributed by atoms with Crippen molar-refractivity contribution in [3.63, 3.8) is 0 Å². The Hall–Kier alpha value is -0.0400. The second-order valence-corrected chi connectivity index (χ2v) is 6.61. The molecule has 0 saturated heterocycles. The Kier molecular flexibility index (Phi) is 5.34. The fourth-order valence-electron chi connectivity index (χ4n) is 3.72. The molecule has 0 radical (unpaired) electrons. The van der Waals surface area contributed by atoms with Gasteiger partial charge in [0.15, 0.2) is 0 Å². The van der Waals surface area contributed by atoms with Gasteiger partial charge in [0.1, 0.15) is 0 Å². The molecule has 0 amide bonds. The van der Waals surface area contributed by atoms with Crippen molar-refractivity contribution >= 4 is 0 Å². The van der Waals surface area contributed by atoms with Crippen LogP contribution in [-0.4, -0.2) is 12.1 Å². The molecule has 1 nitrogen and oxygen atoms in total. The minimum Gasteiger partial charge on any atom is -0.311 e. The van der Waals surface area contributed by atoms with Gasteiger partial charge in [-0.05, 0) is 50.9 Å². The van der Waals surface area contributed by atoms with Crippen molar-refractivity contribution in [2.75, 3.05) is 0 Å². The normalized spacial score (nSPS) is 32.1. The summed E-state index contributed by atoms with van der Waals surface area (Å²) in [5, 5.41) is 3.88. The van der Waals surface area contributed by atoms with Crippen LogP contribution in [0.4, 0.5) is 0 Å². The van der Waals surface area contributed by atoms with Crippen LogP contribution in [0.3, 0.4) is 0 Å². The predicted molar refractivity (Wildman–Crippen MR) is 75.2 cm³/mol. The zero-order valence-electron chi connectivity index (χ0n) is 11.9. The number of nitrogens with one attached hydrogen (secondary N) is 1. The molecule has 2 rings (SSSR count). The lowest BCUT2D eigenvalue weighted by molar-refractivity contribution is 0.227. The Morgan fingerprint density at radius 2 is 1.71 bits per heavy atom. The predicted octanol–water partition coefficient (Wildman–Crippen LogP) is 4.51. The summed E-state index contributed by atoms with van der Waals surface area (Å²) in [7, 11) is 0. The zero-order valence-corrected chi connectivity index (χ0v) is 11.9. The number of hydrogen-bond acceptors (Lipinski definition) is 1. The number of hydrogen-bond donors (Lipinski definition) is 1. The van der Waals surface area contributed by atoms with Gasteiger partial charge in [-0.25, -0.2) is 0 Å². The van der Waals surface area contributed by atoms with E-state index in [2.05, 4.69) is 19.2 Å². The van der Waals surface area contributed by atoms with E-state index >= 15 is 0 Å². The van der Waals surface area contributed by atoms with Crippen molar-refractivity contribution in [3.05, 3.63) is 0 Å². The minimum absolute atomic E-state index is 0.757. The summed E-state index contributed by atoms with van der Waals surface area (Å²) in [6.45, 7) is 4.72. The average molecular weight is 237 g/mol. The van der Waals surface area contributed by atoms with E-state index in [9.17, 15) is 0 Å². The fraction of sp³-hybridized carbons (Fsp3) is 1.00. The van der Waals surface area contributed by atoms with Crippen LogP contribution in [0.25, 0.3) is 0 Å². The summed E-state index contributed by atoms with van der Waals surface area (Å²) in [5.41, 5.74) is 0. The van der Waals surface area contributed by atoms with Gasteiger partial charge >= 0.3 is 0 Å². The third-order valence-electron chi connectivity index (χ3n) is 4.98. The maximum atomic E-state index is 3.88. The zero-order chi connectivity index (χ0) is 12.1. The van der Waals surface area contributed by atoms with Crippen molar-refractivity contribution in [2.24, 2.45) is 11.8 Å². The van der Waals surface area contributed by atoms with E-state index in [1.54, 1.807) is 0 Å². The van der Waals surface area contributed by atoms with E-state index in [1.165, 1.54) is 64.2 Å². The lowest BCUT2D eigenvalue weighted by Crippen LogP contribution is -2.40. The molecular weight excluding hydrogens is 206 g/mol. The second-order valence-electron chi connectivity index (χ2n) is 6.61. The quantitative estimate of drug-likeness (QED) is 0.716. The molecule has 0 bridgehead atoms. The van der Waals surface area contributed by atoms with Crippen LogP contribution in [0.5, 0.6) is 0 Å². The van der Waals surface area contributed by atoms with E-state index in [0.29, 0.717) is 0 Å². The maximum absolute atomic E-state index is 3.88. The highest BCUT2D eigenvalue weighted by atomic mass is 14.9. The van der Waals surface area contributed by atoms with E-state index in [-0.39, 0.29) is 0 Å². The lowest BCUT2D eigenvalue weighted by Gasteiger charge is -2.34. The van der Waals surface area contributed by atoms with E-state index < -0.39 is 0 Å². The molecule has 1 heteroatoms.